The highest BCUT2D eigenvalue weighted by molar-refractivity contribution is 6.03. The van der Waals surface area contributed by atoms with Gasteiger partial charge in [-0.05, 0) is 24.9 Å². The zero-order valence-corrected chi connectivity index (χ0v) is 11.1. The Bertz CT molecular complexity index is 634. The number of carboxylic acids is 1. The first-order valence-corrected chi connectivity index (χ1v) is 6.76. The standard InChI is InChI=1S/C15H17NO4/c17-9-10-5-6-16(7-10)8-13-14(15(18)19)11-3-1-2-4-12(11)20-13/h1-4,10,17H,5-9H2,(H,18,19). The quantitative estimate of drug-likeness (QED) is 0.892. The normalized spacial score (nSPS) is 19.8. The van der Waals surface area contributed by atoms with Crippen molar-refractivity contribution < 1.29 is 19.4 Å². The Balaban J connectivity index is 1.91. The second kappa shape index (κ2) is 5.26. The maximum atomic E-state index is 11.5. The number of aliphatic hydroxyl groups is 1. The monoisotopic (exact) mass is 275 g/mol. The highest BCUT2D eigenvalue weighted by atomic mass is 16.4. The molecule has 0 radical (unpaired) electrons. The molecule has 1 saturated heterocycles. The van der Waals surface area contributed by atoms with Crippen molar-refractivity contribution in [3.05, 3.63) is 35.6 Å². The topological polar surface area (TPSA) is 73.9 Å². The van der Waals surface area contributed by atoms with E-state index in [4.69, 9.17) is 9.52 Å². The summed E-state index contributed by atoms with van der Waals surface area (Å²) < 4.78 is 5.71. The Labute approximate surface area is 116 Å². The maximum absolute atomic E-state index is 11.5. The van der Waals surface area contributed by atoms with E-state index in [2.05, 4.69) is 4.90 Å². The lowest BCUT2D eigenvalue weighted by Crippen LogP contribution is -2.21. The van der Waals surface area contributed by atoms with Gasteiger partial charge in [0.25, 0.3) is 0 Å². The lowest BCUT2D eigenvalue weighted by atomic mass is 10.1. The molecule has 1 aliphatic heterocycles. The number of hydrogen-bond acceptors (Lipinski definition) is 4. The molecule has 1 fully saturated rings. The molecule has 3 rings (SSSR count). The van der Waals surface area contributed by atoms with Crippen LogP contribution in [-0.4, -0.2) is 40.8 Å². The number of rotatable bonds is 4. The van der Waals surface area contributed by atoms with E-state index in [0.717, 1.165) is 19.5 Å². The Morgan fingerprint density at radius 1 is 1.40 bits per heavy atom. The molecule has 0 aliphatic carbocycles. The first-order valence-electron chi connectivity index (χ1n) is 6.76. The fraction of sp³-hybridized carbons (Fsp3) is 0.400. The molecule has 2 heterocycles. The van der Waals surface area contributed by atoms with Gasteiger partial charge in [-0.3, -0.25) is 4.90 Å². The van der Waals surface area contributed by atoms with Gasteiger partial charge < -0.3 is 14.6 Å². The molecular formula is C15H17NO4. The van der Waals surface area contributed by atoms with Gasteiger partial charge in [-0.1, -0.05) is 18.2 Å². The molecule has 1 aliphatic rings. The van der Waals surface area contributed by atoms with E-state index in [1.54, 1.807) is 12.1 Å². The summed E-state index contributed by atoms with van der Waals surface area (Å²) in [7, 11) is 0. The number of carboxylic acid groups (broad SMARTS) is 1. The molecule has 1 aromatic heterocycles. The van der Waals surface area contributed by atoms with Gasteiger partial charge >= 0.3 is 5.97 Å². The summed E-state index contributed by atoms with van der Waals surface area (Å²) in [6.07, 6.45) is 0.944. The molecule has 1 unspecified atom stereocenters. The van der Waals surface area contributed by atoms with Crippen molar-refractivity contribution in [2.45, 2.75) is 13.0 Å². The van der Waals surface area contributed by atoms with E-state index in [1.807, 2.05) is 12.1 Å². The first-order chi connectivity index (χ1) is 9.69. The highest BCUT2D eigenvalue weighted by Gasteiger charge is 2.26. The minimum Gasteiger partial charge on any atom is -0.478 e. The lowest BCUT2D eigenvalue weighted by Gasteiger charge is -2.14. The Kier molecular flexibility index (Phi) is 3.46. The molecule has 1 atom stereocenters. The van der Waals surface area contributed by atoms with Crippen LogP contribution >= 0.6 is 0 Å². The molecule has 2 N–H and O–H groups in total. The predicted octanol–water partition coefficient (Wildman–Crippen LogP) is 1.95. The third kappa shape index (κ3) is 2.30. The third-order valence-corrected chi connectivity index (χ3v) is 3.88. The summed E-state index contributed by atoms with van der Waals surface area (Å²) in [5.41, 5.74) is 0.867. The number of likely N-dealkylation sites (tertiary alicyclic amines) is 1. The zero-order chi connectivity index (χ0) is 14.1. The smallest absolute Gasteiger partial charge is 0.339 e. The van der Waals surface area contributed by atoms with E-state index in [1.165, 1.54) is 0 Å². The van der Waals surface area contributed by atoms with E-state index in [9.17, 15) is 9.90 Å². The third-order valence-electron chi connectivity index (χ3n) is 3.88. The van der Waals surface area contributed by atoms with Crippen molar-refractivity contribution in [3.63, 3.8) is 0 Å². The number of benzene rings is 1. The lowest BCUT2D eigenvalue weighted by molar-refractivity contribution is 0.0694. The van der Waals surface area contributed by atoms with Crippen LogP contribution in [0, 0.1) is 5.92 Å². The SMILES string of the molecule is O=C(O)c1c(CN2CCC(CO)C2)oc2ccccc12. The van der Waals surface area contributed by atoms with Crippen molar-refractivity contribution in [2.75, 3.05) is 19.7 Å². The number of carbonyl (C=O) groups is 1. The van der Waals surface area contributed by atoms with Gasteiger partial charge in [0.2, 0.25) is 0 Å². The van der Waals surface area contributed by atoms with Crippen LogP contribution < -0.4 is 0 Å². The minimum absolute atomic E-state index is 0.183. The number of aromatic carboxylic acids is 1. The molecule has 0 saturated carbocycles. The van der Waals surface area contributed by atoms with Gasteiger partial charge in [0.15, 0.2) is 0 Å². The number of aliphatic hydroxyl groups excluding tert-OH is 1. The Morgan fingerprint density at radius 2 is 2.20 bits per heavy atom. The van der Waals surface area contributed by atoms with Crippen LogP contribution in [0.5, 0.6) is 0 Å². The first kappa shape index (κ1) is 13.1. The molecule has 1 aromatic carbocycles. The van der Waals surface area contributed by atoms with Crippen molar-refractivity contribution >= 4 is 16.9 Å². The van der Waals surface area contributed by atoms with E-state index < -0.39 is 5.97 Å². The van der Waals surface area contributed by atoms with Crippen LogP contribution in [0.15, 0.2) is 28.7 Å². The van der Waals surface area contributed by atoms with Crippen LogP contribution in [0.4, 0.5) is 0 Å². The maximum Gasteiger partial charge on any atom is 0.339 e. The zero-order valence-electron chi connectivity index (χ0n) is 11.1. The second-order valence-electron chi connectivity index (χ2n) is 5.27. The highest BCUT2D eigenvalue weighted by Crippen LogP contribution is 2.28. The van der Waals surface area contributed by atoms with Crippen LogP contribution in [0.25, 0.3) is 11.0 Å². The van der Waals surface area contributed by atoms with Gasteiger partial charge in [-0.2, -0.15) is 0 Å². The molecule has 2 aromatic rings. The Hall–Kier alpha value is -1.85. The van der Waals surface area contributed by atoms with Gasteiger partial charge in [0, 0.05) is 18.5 Å². The van der Waals surface area contributed by atoms with E-state index in [0.29, 0.717) is 23.3 Å². The average Bonchev–Trinajstić information content (AvgIpc) is 3.02. The minimum atomic E-state index is -0.956. The molecule has 20 heavy (non-hydrogen) atoms. The van der Waals surface area contributed by atoms with Crippen LogP contribution in [0.3, 0.4) is 0 Å². The summed E-state index contributed by atoms with van der Waals surface area (Å²) in [5, 5.41) is 19.2. The average molecular weight is 275 g/mol. The number of nitrogens with zero attached hydrogens (tertiary/aromatic N) is 1. The molecule has 0 spiro atoms. The van der Waals surface area contributed by atoms with Crippen molar-refractivity contribution in [1.82, 2.24) is 4.90 Å². The molecule has 5 nitrogen and oxygen atoms in total. The largest absolute Gasteiger partial charge is 0.478 e. The van der Waals surface area contributed by atoms with E-state index >= 15 is 0 Å². The van der Waals surface area contributed by atoms with Crippen LogP contribution in [-0.2, 0) is 6.54 Å². The van der Waals surface area contributed by atoms with Gasteiger partial charge in [0.1, 0.15) is 16.9 Å². The summed E-state index contributed by atoms with van der Waals surface area (Å²) in [6, 6.07) is 7.20. The van der Waals surface area contributed by atoms with Crippen molar-refractivity contribution in [2.24, 2.45) is 5.92 Å². The molecule has 0 amide bonds. The van der Waals surface area contributed by atoms with Crippen LogP contribution in [0.1, 0.15) is 22.5 Å². The van der Waals surface area contributed by atoms with Gasteiger partial charge in [0.05, 0.1) is 6.54 Å². The summed E-state index contributed by atoms with van der Waals surface area (Å²) in [5.74, 6) is -0.173. The van der Waals surface area contributed by atoms with E-state index in [-0.39, 0.29) is 18.1 Å². The summed E-state index contributed by atoms with van der Waals surface area (Å²) in [6.45, 7) is 2.31. The number of hydrogen-bond donors (Lipinski definition) is 2. The fourth-order valence-corrected chi connectivity index (χ4v) is 2.85. The fourth-order valence-electron chi connectivity index (χ4n) is 2.85. The summed E-state index contributed by atoms with van der Waals surface area (Å²) >= 11 is 0. The molecular weight excluding hydrogens is 258 g/mol. The number of para-hydroxylation sites is 1. The van der Waals surface area contributed by atoms with Crippen molar-refractivity contribution in [3.8, 4) is 0 Å². The number of furan rings is 1. The molecule has 5 heteroatoms. The molecule has 0 bridgehead atoms. The molecule has 106 valence electrons. The van der Waals surface area contributed by atoms with Crippen molar-refractivity contribution in [1.29, 1.82) is 0 Å². The number of fused-ring (bicyclic) bond motifs is 1. The second-order valence-corrected chi connectivity index (χ2v) is 5.27. The van der Waals surface area contributed by atoms with Gasteiger partial charge in [-0.15, -0.1) is 0 Å². The van der Waals surface area contributed by atoms with Gasteiger partial charge in [-0.25, -0.2) is 4.79 Å². The predicted molar refractivity (Wildman–Crippen MR) is 73.6 cm³/mol. The van der Waals surface area contributed by atoms with Crippen LogP contribution in [0.2, 0.25) is 0 Å². The summed E-state index contributed by atoms with van der Waals surface area (Å²) in [4.78, 5) is 13.6. The Morgan fingerprint density at radius 3 is 2.90 bits per heavy atom.